The summed E-state index contributed by atoms with van der Waals surface area (Å²) in [4.78, 5) is 15.8. The van der Waals surface area contributed by atoms with Crippen LogP contribution in [0, 0.1) is 0 Å². The lowest BCUT2D eigenvalue weighted by Gasteiger charge is -2.11. The maximum absolute atomic E-state index is 12.7. The van der Waals surface area contributed by atoms with Gasteiger partial charge in [0.2, 0.25) is 0 Å². The molecule has 3 aromatic rings. The first kappa shape index (κ1) is 17.2. The molecule has 0 radical (unpaired) electrons. The van der Waals surface area contributed by atoms with E-state index in [2.05, 4.69) is 25.1 Å². The zero-order valence-electron chi connectivity index (χ0n) is 15.5. The molecule has 3 heterocycles. The van der Waals surface area contributed by atoms with E-state index in [0.29, 0.717) is 35.0 Å². The minimum absolute atomic E-state index is 0.246. The Bertz CT molecular complexity index is 1010. The maximum Gasteiger partial charge on any atom is 0.268 e. The molecule has 0 fully saturated rings. The van der Waals surface area contributed by atoms with Crippen molar-refractivity contribution in [2.45, 2.75) is 25.9 Å². The molecule has 1 aromatic carbocycles. The highest BCUT2D eigenvalue weighted by atomic mass is 16.5. The van der Waals surface area contributed by atoms with Crippen molar-refractivity contribution in [3.63, 3.8) is 0 Å². The number of amides is 1. The first-order valence-corrected chi connectivity index (χ1v) is 8.67. The number of rotatable bonds is 6. The third-order valence-electron chi connectivity index (χ3n) is 4.78. The van der Waals surface area contributed by atoms with E-state index < -0.39 is 0 Å². The van der Waals surface area contributed by atoms with Gasteiger partial charge < -0.3 is 29.1 Å². The fraction of sp³-hybridized carbons (Fsp3) is 0.389. The Balaban J connectivity index is 1.62. The number of ether oxygens (including phenoxy) is 3. The number of benzene rings is 1. The molecule has 1 amide bonds. The first-order valence-electron chi connectivity index (χ1n) is 8.67. The third kappa shape index (κ3) is 2.84. The highest BCUT2D eigenvalue weighted by Gasteiger charge is 2.21. The van der Waals surface area contributed by atoms with Crippen molar-refractivity contribution in [3.8, 4) is 17.2 Å². The molecule has 0 saturated carbocycles. The average molecular weight is 371 g/mol. The van der Waals surface area contributed by atoms with E-state index in [-0.39, 0.29) is 5.91 Å². The van der Waals surface area contributed by atoms with Crippen molar-refractivity contribution in [2.24, 2.45) is 0 Å². The molecule has 0 aliphatic carbocycles. The standard InChI is InChI=1S/C18H21N5O4/c1-25-12-8-13(26-2)17(27-3)16-10(12)7-11(20-16)18(24)19-9-15-22-21-14-5-4-6-23(14)15/h7-8,20H,4-6,9H2,1-3H3,(H,19,24). The van der Waals surface area contributed by atoms with Crippen LogP contribution >= 0.6 is 0 Å². The van der Waals surface area contributed by atoms with Crippen molar-refractivity contribution in [1.29, 1.82) is 0 Å². The largest absolute Gasteiger partial charge is 0.496 e. The van der Waals surface area contributed by atoms with Gasteiger partial charge >= 0.3 is 0 Å². The van der Waals surface area contributed by atoms with E-state index in [9.17, 15) is 4.79 Å². The summed E-state index contributed by atoms with van der Waals surface area (Å²) in [6.07, 6.45) is 2.00. The van der Waals surface area contributed by atoms with Gasteiger partial charge in [0, 0.05) is 24.4 Å². The number of aromatic amines is 1. The number of hydrogen-bond donors (Lipinski definition) is 2. The molecule has 9 heteroatoms. The van der Waals surface area contributed by atoms with Crippen LogP contribution in [-0.2, 0) is 19.5 Å². The topological polar surface area (TPSA) is 103 Å². The SMILES string of the molecule is COc1cc(OC)c2cc(C(=O)NCc3nnc4n3CCC4)[nH]c2c1OC. The smallest absolute Gasteiger partial charge is 0.268 e. The van der Waals surface area contributed by atoms with Gasteiger partial charge in [0.05, 0.1) is 33.4 Å². The maximum atomic E-state index is 12.7. The predicted molar refractivity (Wildman–Crippen MR) is 97.5 cm³/mol. The van der Waals surface area contributed by atoms with Gasteiger partial charge in [-0.3, -0.25) is 4.79 Å². The molecule has 0 unspecified atom stereocenters. The van der Waals surface area contributed by atoms with Gasteiger partial charge in [-0.25, -0.2) is 0 Å². The van der Waals surface area contributed by atoms with Crippen LogP contribution in [0.3, 0.4) is 0 Å². The van der Waals surface area contributed by atoms with Crippen molar-refractivity contribution < 1.29 is 19.0 Å². The summed E-state index contributed by atoms with van der Waals surface area (Å²) in [6.45, 7) is 1.22. The Hall–Kier alpha value is -3.23. The Morgan fingerprint density at radius 2 is 2.00 bits per heavy atom. The zero-order chi connectivity index (χ0) is 19.0. The molecule has 2 aromatic heterocycles. The van der Waals surface area contributed by atoms with Crippen LogP contribution in [0.15, 0.2) is 12.1 Å². The number of nitrogens with zero attached hydrogens (tertiary/aromatic N) is 3. The number of hydrogen-bond acceptors (Lipinski definition) is 6. The summed E-state index contributed by atoms with van der Waals surface area (Å²) in [7, 11) is 4.67. The molecule has 9 nitrogen and oxygen atoms in total. The van der Waals surface area contributed by atoms with Gasteiger partial charge in [0.15, 0.2) is 17.3 Å². The molecule has 1 aliphatic rings. The van der Waals surface area contributed by atoms with Gasteiger partial charge in [0.1, 0.15) is 17.3 Å². The quantitative estimate of drug-likeness (QED) is 0.683. The highest BCUT2D eigenvalue weighted by molar-refractivity contribution is 6.02. The molecule has 0 atom stereocenters. The summed E-state index contributed by atoms with van der Waals surface area (Å²) in [5, 5.41) is 11.9. The second-order valence-electron chi connectivity index (χ2n) is 6.26. The zero-order valence-corrected chi connectivity index (χ0v) is 15.5. The van der Waals surface area contributed by atoms with Crippen molar-refractivity contribution in [1.82, 2.24) is 25.1 Å². The molecule has 0 spiro atoms. The number of fused-ring (bicyclic) bond motifs is 2. The molecule has 1 aliphatic heterocycles. The van der Waals surface area contributed by atoms with Gasteiger partial charge in [-0.2, -0.15) is 0 Å². The van der Waals surface area contributed by atoms with E-state index in [4.69, 9.17) is 14.2 Å². The Kier molecular flexibility index (Phi) is 4.35. The lowest BCUT2D eigenvalue weighted by Crippen LogP contribution is -2.24. The van der Waals surface area contributed by atoms with Crippen LogP contribution in [0.4, 0.5) is 0 Å². The Morgan fingerprint density at radius 1 is 1.19 bits per heavy atom. The lowest BCUT2D eigenvalue weighted by atomic mass is 10.2. The van der Waals surface area contributed by atoms with Gasteiger partial charge in [0.25, 0.3) is 5.91 Å². The number of methoxy groups -OCH3 is 3. The predicted octanol–water partition coefficient (Wildman–Crippen LogP) is 1.66. The number of carbonyl (C=O) groups is 1. The summed E-state index contributed by atoms with van der Waals surface area (Å²) >= 11 is 0. The third-order valence-corrected chi connectivity index (χ3v) is 4.78. The summed E-state index contributed by atoms with van der Waals surface area (Å²) < 4.78 is 18.3. The first-order chi connectivity index (χ1) is 13.2. The van der Waals surface area contributed by atoms with E-state index in [1.165, 1.54) is 0 Å². The monoisotopic (exact) mass is 371 g/mol. The van der Waals surface area contributed by atoms with Crippen molar-refractivity contribution >= 4 is 16.8 Å². The van der Waals surface area contributed by atoms with Crippen LogP contribution in [-0.4, -0.2) is 47.0 Å². The van der Waals surface area contributed by atoms with Gasteiger partial charge in [-0.1, -0.05) is 0 Å². The van der Waals surface area contributed by atoms with E-state index in [1.807, 2.05) is 0 Å². The van der Waals surface area contributed by atoms with E-state index in [1.54, 1.807) is 33.5 Å². The fourth-order valence-corrected chi connectivity index (χ4v) is 3.46. The van der Waals surface area contributed by atoms with E-state index >= 15 is 0 Å². The minimum atomic E-state index is -0.246. The fourth-order valence-electron chi connectivity index (χ4n) is 3.46. The van der Waals surface area contributed by atoms with Crippen LogP contribution in [0.1, 0.15) is 28.6 Å². The molecule has 27 heavy (non-hydrogen) atoms. The number of aromatic nitrogens is 4. The average Bonchev–Trinajstić information content (AvgIpc) is 3.40. The normalized spacial score (nSPS) is 12.9. The van der Waals surface area contributed by atoms with E-state index in [0.717, 1.165) is 36.4 Å². The molecular formula is C18H21N5O4. The van der Waals surface area contributed by atoms with Crippen molar-refractivity contribution in [2.75, 3.05) is 21.3 Å². The number of carbonyl (C=O) groups excluding carboxylic acids is 1. The number of nitrogens with one attached hydrogen (secondary N) is 2. The lowest BCUT2D eigenvalue weighted by molar-refractivity contribution is 0.0945. The van der Waals surface area contributed by atoms with Gasteiger partial charge in [-0.05, 0) is 12.5 Å². The highest BCUT2D eigenvalue weighted by Crippen LogP contribution is 2.41. The summed E-state index contributed by atoms with van der Waals surface area (Å²) in [5.74, 6) is 3.13. The van der Waals surface area contributed by atoms with Crippen LogP contribution in [0.2, 0.25) is 0 Å². The molecular weight excluding hydrogens is 350 g/mol. The van der Waals surface area contributed by atoms with Crippen LogP contribution < -0.4 is 19.5 Å². The second kappa shape index (κ2) is 6.82. The molecule has 2 N–H and O–H groups in total. The number of aryl methyl sites for hydroxylation is 1. The number of H-pyrrole nitrogens is 1. The molecule has 0 bridgehead atoms. The summed E-state index contributed by atoms with van der Waals surface area (Å²) in [6, 6.07) is 3.47. The second-order valence-corrected chi connectivity index (χ2v) is 6.26. The minimum Gasteiger partial charge on any atom is -0.496 e. The van der Waals surface area contributed by atoms with Crippen LogP contribution in [0.25, 0.3) is 10.9 Å². The van der Waals surface area contributed by atoms with Gasteiger partial charge in [-0.15, -0.1) is 10.2 Å². The Morgan fingerprint density at radius 3 is 2.74 bits per heavy atom. The Labute approximate surface area is 155 Å². The summed E-state index contributed by atoms with van der Waals surface area (Å²) in [5.41, 5.74) is 1.04. The molecule has 0 saturated heterocycles. The molecule has 142 valence electrons. The van der Waals surface area contributed by atoms with Crippen molar-refractivity contribution in [3.05, 3.63) is 29.5 Å². The molecule has 4 rings (SSSR count). The van der Waals surface area contributed by atoms with Crippen LogP contribution in [0.5, 0.6) is 17.2 Å².